The summed E-state index contributed by atoms with van der Waals surface area (Å²) in [5.41, 5.74) is 0.360. The van der Waals surface area contributed by atoms with Crippen LogP contribution in [-0.2, 0) is 16.1 Å². The average molecular weight is 377 g/mol. The Bertz CT molecular complexity index is 879. The molecule has 1 aliphatic rings. The molecule has 1 N–H and O–H groups in total. The van der Waals surface area contributed by atoms with Crippen LogP contribution in [0.15, 0.2) is 35.1 Å². The van der Waals surface area contributed by atoms with Crippen LogP contribution < -0.4 is 10.9 Å². The third-order valence-electron chi connectivity index (χ3n) is 4.54. The van der Waals surface area contributed by atoms with Gasteiger partial charge in [-0.1, -0.05) is 6.92 Å². The summed E-state index contributed by atoms with van der Waals surface area (Å²) in [6.07, 6.45) is 1.69. The van der Waals surface area contributed by atoms with Crippen molar-refractivity contribution >= 4 is 5.91 Å². The molecule has 2 atom stereocenters. The molecule has 1 saturated heterocycles. The van der Waals surface area contributed by atoms with E-state index in [0.29, 0.717) is 30.7 Å². The minimum Gasteiger partial charge on any atom is -0.368 e. The summed E-state index contributed by atoms with van der Waals surface area (Å²) in [5.74, 6) is -2.12. The summed E-state index contributed by atoms with van der Waals surface area (Å²) in [7, 11) is 0. The van der Waals surface area contributed by atoms with Crippen molar-refractivity contribution in [3.8, 4) is 11.3 Å². The molecular formula is C19H21F2N3O3. The van der Waals surface area contributed by atoms with E-state index in [9.17, 15) is 18.4 Å². The topological polar surface area (TPSA) is 73.2 Å². The largest absolute Gasteiger partial charge is 0.368 e. The lowest BCUT2D eigenvalue weighted by atomic mass is 10.1. The van der Waals surface area contributed by atoms with Crippen molar-refractivity contribution in [1.29, 1.82) is 0 Å². The van der Waals surface area contributed by atoms with Crippen molar-refractivity contribution in [3.63, 3.8) is 0 Å². The van der Waals surface area contributed by atoms with Crippen LogP contribution in [-0.4, -0.2) is 34.4 Å². The van der Waals surface area contributed by atoms with Crippen LogP contribution in [0.4, 0.5) is 8.78 Å². The molecule has 144 valence electrons. The predicted molar refractivity (Wildman–Crippen MR) is 95.0 cm³/mol. The molecule has 0 radical (unpaired) electrons. The van der Waals surface area contributed by atoms with Crippen LogP contribution in [0.25, 0.3) is 11.3 Å². The summed E-state index contributed by atoms with van der Waals surface area (Å²) in [4.78, 5) is 24.4. The number of nitrogens with zero attached hydrogens (tertiary/aromatic N) is 2. The molecule has 8 heteroatoms. The molecule has 2 aromatic rings. The molecule has 0 unspecified atom stereocenters. The highest BCUT2D eigenvalue weighted by Crippen LogP contribution is 2.18. The van der Waals surface area contributed by atoms with Gasteiger partial charge < -0.3 is 10.1 Å². The smallest absolute Gasteiger partial charge is 0.266 e. The van der Waals surface area contributed by atoms with Gasteiger partial charge in [0.1, 0.15) is 6.10 Å². The zero-order valence-corrected chi connectivity index (χ0v) is 15.0. The number of halogens is 2. The lowest BCUT2D eigenvalue weighted by Gasteiger charge is -2.20. The lowest BCUT2D eigenvalue weighted by molar-refractivity contribution is -0.130. The van der Waals surface area contributed by atoms with Crippen molar-refractivity contribution < 1.29 is 18.3 Å². The molecule has 3 rings (SSSR count). The van der Waals surface area contributed by atoms with Crippen molar-refractivity contribution in [2.75, 3.05) is 6.61 Å². The number of nitrogens with one attached hydrogen (secondary N) is 1. The summed E-state index contributed by atoms with van der Waals surface area (Å²) < 4.78 is 33.2. The van der Waals surface area contributed by atoms with Crippen LogP contribution in [0, 0.1) is 11.6 Å². The SMILES string of the molecule is CC[C@H](Cn1nc(-c2ccc(F)c(F)c2)ccc1=O)NC(=O)[C@@H]1CCCO1. The maximum absolute atomic E-state index is 13.5. The minimum atomic E-state index is -0.984. The van der Waals surface area contributed by atoms with Crippen LogP contribution in [0.5, 0.6) is 0 Å². The Labute approximate surface area is 155 Å². The van der Waals surface area contributed by atoms with Crippen molar-refractivity contribution in [2.45, 2.75) is 44.9 Å². The van der Waals surface area contributed by atoms with Gasteiger partial charge in [0.05, 0.1) is 12.2 Å². The molecule has 6 nitrogen and oxygen atoms in total. The summed E-state index contributed by atoms with van der Waals surface area (Å²) in [5, 5.41) is 7.13. The van der Waals surface area contributed by atoms with Crippen molar-refractivity contribution in [1.82, 2.24) is 15.1 Å². The van der Waals surface area contributed by atoms with E-state index in [-0.39, 0.29) is 24.1 Å². The van der Waals surface area contributed by atoms with E-state index in [1.807, 2.05) is 6.92 Å². The highest BCUT2D eigenvalue weighted by Gasteiger charge is 2.25. The van der Waals surface area contributed by atoms with Crippen LogP contribution in [0.2, 0.25) is 0 Å². The monoisotopic (exact) mass is 377 g/mol. The van der Waals surface area contributed by atoms with Gasteiger partial charge >= 0.3 is 0 Å². The maximum Gasteiger partial charge on any atom is 0.266 e. The molecule has 0 aliphatic carbocycles. The van der Waals surface area contributed by atoms with E-state index in [4.69, 9.17) is 4.74 Å². The van der Waals surface area contributed by atoms with Crippen LogP contribution in [0.1, 0.15) is 26.2 Å². The van der Waals surface area contributed by atoms with E-state index < -0.39 is 17.7 Å². The van der Waals surface area contributed by atoms with E-state index >= 15 is 0 Å². The molecule has 1 aromatic heterocycles. The predicted octanol–water partition coefficient (Wildman–Crippen LogP) is 2.26. The zero-order chi connectivity index (χ0) is 19.4. The Morgan fingerprint density at radius 2 is 2.15 bits per heavy atom. The summed E-state index contributed by atoms with van der Waals surface area (Å²) in [6, 6.07) is 5.91. The molecule has 1 fully saturated rings. The first-order valence-electron chi connectivity index (χ1n) is 8.93. The minimum absolute atomic E-state index is 0.172. The van der Waals surface area contributed by atoms with E-state index in [1.165, 1.54) is 22.9 Å². The Kier molecular flexibility index (Phi) is 5.95. The Morgan fingerprint density at radius 1 is 1.33 bits per heavy atom. The second-order valence-corrected chi connectivity index (χ2v) is 6.48. The van der Waals surface area contributed by atoms with Gasteiger partial charge in [0.15, 0.2) is 11.6 Å². The number of carbonyl (C=O) groups excluding carboxylic acids is 1. The van der Waals surface area contributed by atoms with Gasteiger partial charge in [0.2, 0.25) is 5.91 Å². The first kappa shape index (κ1) is 19.2. The molecule has 0 bridgehead atoms. The van der Waals surface area contributed by atoms with Gasteiger partial charge in [0, 0.05) is 24.3 Å². The van der Waals surface area contributed by atoms with E-state index in [0.717, 1.165) is 18.6 Å². The standard InChI is InChI=1S/C19H21F2N3O3/c1-2-13(22-19(26)17-4-3-9-27-17)11-24-18(25)8-7-16(23-24)12-5-6-14(20)15(21)10-12/h5-8,10,13,17H,2-4,9,11H2,1H3,(H,22,26)/t13-,17+/m1/s1. The number of rotatable bonds is 6. The highest BCUT2D eigenvalue weighted by molar-refractivity contribution is 5.81. The molecule has 27 heavy (non-hydrogen) atoms. The van der Waals surface area contributed by atoms with Gasteiger partial charge in [-0.3, -0.25) is 9.59 Å². The van der Waals surface area contributed by atoms with Crippen molar-refractivity contribution in [2.24, 2.45) is 0 Å². The third-order valence-corrected chi connectivity index (χ3v) is 4.54. The molecule has 2 heterocycles. The highest BCUT2D eigenvalue weighted by atomic mass is 19.2. The molecule has 0 spiro atoms. The van der Waals surface area contributed by atoms with E-state index in [2.05, 4.69) is 10.4 Å². The van der Waals surface area contributed by atoms with E-state index in [1.54, 1.807) is 0 Å². The normalized spacial score (nSPS) is 17.7. The number of hydrogen-bond acceptors (Lipinski definition) is 4. The molecular weight excluding hydrogens is 356 g/mol. The van der Waals surface area contributed by atoms with Gasteiger partial charge in [-0.15, -0.1) is 0 Å². The lowest BCUT2D eigenvalue weighted by Crippen LogP contribution is -2.44. The Morgan fingerprint density at radius 3 is 2.81 bits per heavy atom. The fourth-order valence-electron chi connectivity index (χ4n) is 2.95. The Hall–Kier alpha value is -2.61. The zero-order valence-electron chi connectivity index (χ0n) is 15.0. The van der Waals surface area contributed by atoms with Gasteiger partial charge in [0.25, 0.3) is 5.56 Å². The quantitative estimate of drug-likeness (QED) is 0.838. The summed E-state index contributed by atoms with van der Waals surface area (Å²) >= 11 is 0. The number of hydrogen-bond donors (Lipinski definition) is 1. The molecule has 1 aromatic carbocycles. The van der Waals surface area contributed by atoms with Crippen LogP contribution in [0.3, 0.4) is 0 Å². The number of amides is 1. The fourth-order valence-corrected chi connectivity index (χ4v) is 2.95. The maximum atomic E-state index is 13.5. The second kappa shape index (κ2) is 8.39. The summed E-state index contributed by atoms with van der Waals surface area (Å²) in [6.45, 7) is 2.64. The molecule has 1 aliphatic heterocycles. The van der Waals surface area contributed by atoms with Crippen LogP contribution >= 0.6 is 0 Å². The Balaban J connectivity index is 1.77. The first-order chi connectivity index (χ1) is 13.0. The number of carbonyl (C=O) groups is 1. The first-order valence-corrected chi connectivity index (χ1v) is 8.93. The number of ether oxygens (including phenoxy) is 1. The van der Waals surface area contributed by atoms with Gasteiger partial charge in [-0.2, -0.15) is 5.10 Å². The second-order valence-electron chi connectivity index (χ2n) is 6.48. The fraction of sp³-hybridized carbons (Fsp3) is 0.421. The number of benzene rings is 1. The molecule has 0 saturated carbocycles. The third kappa shape index (κ3) is 4.57. The number of aromatic nitrogens is 2. The van der Waals surface area contributed by atoms with Gasteiger partial charge in [-0.05, 0) is 43.5 Å². The molecule has 1 amide bonds. The van der Waals surface area contributed by atoms with Crippen molar-refractivity contribution in [3.05, 3.63) is 52.3 Å². The average Bonchev–Trinajstić information content (AvgIpc) is 3.20. The van der Waals surface area contributed by atoms with Gasteiger partial charge in [-0.25, -0.2) is 13.5 Å².